The van der Waals surface area contributed by atoms with Gasteiger partial charge in [0.05, 0.1) is 0 Å². The maximum atomic E-state index is 12.3. The highest BCUT2D eigenvalue weighted by atomic mass is 32.2. The molecule has 3 rings (SSSR count). The Morgan fingerprint density at radius 1 is 0.963 bits per heavy atom. The van der Waals surface area contributed by atoms with E-state index in [-0.39, 0.29) is 18.2 Å². The molecule has 5 nitrogen and oxygen atoms in total. The number of amides is 2. The standard InChI is InChI=1S/C21H25N3O2S/c25-20(10-11-22-21(26)17-6-2-1-3-7-17)23-19-9-5-4-8-18(19)16-24-12-14-27-15-13-24/h1-9H,10-16H2,(H,22,26)(H,23,25). The van der Waals surface area contributed by atoms with Crippen LogP contribution in [-0.4, -0.2) is 47.9 Å². The van der Waals surface area contributed by atoms with Crippen LogP contribution in [0.4, 0.5) is 5.69 Å². The summed E-state index contributed by atoms with van der Waals surface area (Å²) in [7, 11) is 0. The van der Waals surface area contributed by atoms with E-state index < -0.39 is 0 Å². The number of hydrogen-bond donors (Lipinski definition) is 2. The van der Waals surface area contributed by atoms with Gasteiger partial charge in [-0.05, 0) is 23.8 Å². The molecule has 1 aliphatic heterocycles. The van der Waals surface area contributed by atoms with Gasteiger partial charge in [0, 0.05) is 55.4 Å². The van der Waals surface area contributed by atoms with Crippen molar-refractivity contribution in [1.29, 1.82) is 0 Å². The second-order valence-electron chi connectivity index (χ2n) is 6.47. The van der Waals surface area contributed by atoms with Crippen LogP contribution in [0.25, 0.3) is 0 Å². The van der Waals surface area contributed by atoms with Gasteiger partial charge < -0.3 is 10.6 Å². The molecule has 0 spiro atoms. The average molecular weight is 384 g/mol. The van der Waals surface area contributed by atoms with Crippen molar-refractivity contribution in [2.75, 3.05) is 36.5 Å². The zero-order valence-corrected chi connectivity index (χ0v) is 16.1. The number of nitrogens with one attached hydrogen (secondary N) is 2. The molecular weight excluding hydrogens is 358 g/mol. The highest BCUT2D eigenvalue weighted by molar-refractivity contribution is 7.99. The van der Waals surface area contributed by atoms with Gasteiger partial charge in [0.2, 0.25) is 5.91 Å². The second-order valence-corrected chi connectivity index (χ2v) is 7.69. The zero-order chi connectivity index (χ0) is 18.9. The van der Waals surface area contributed by atoms with Gasteiger partial charge in [0.25, 0.3) is 5.91 Å². The molecule has 0 unspecified atom stereocenters. The van der Waals surface area contributed by atoms with Gasteiger partial charge in [0.1, 0.15) is 0 Å². The molecule has 142 valence electrons. The molecule has 27 heavy (non-hydrogen) atoms. The van der Waals surface area contributed by atoms with Crippen molar-refractivity contribution in [3.8, 4) is 0 Å². The number of para-hydroxylation sites is 1. The lowest BCUT2D eigenvalue weighted by Crippen LogP contribution is -2.32. The largest absolute Gasteiger partial charge is 0.352 e. The van der Waals surface area contributed by atoms with Gasteiger partial charge >= 0.3 is 0 Å². The number of thioether (sulfide) groups is 1. The lowest BCUT2D eigenvalue weighted by atomic mass is 10.1. The minimum absolute atomic E-state index is 0.0926. The normalized spacial score (nSPS) is 14.5. The Morgan fingerprint density at radius 2 is 1.67 bits per heavy atom. The third-order valence-electron chi connectivity index (χ3n) is 4.46. The van der Waals surface area contributed by atoms with E-state index in [1.165, 1.54) is 0 Å². The zero-order valence-electron chi connectivity index (χ0n) is 15.3. The Bertz CT molecular complexity index is 761. The first-order valence-electron chi connectivity index (χ1n) is 9.23. The van der Waals surface area contributed by atoms with Crippen molar-refractivity contribution >= 4 is 29.3 Å². The van der Waals surface area contributed by atoms with Gasteiger partial charge in [0.15, 0.2) is 0 Å². The molecule has 2 amide bonds. The summed E-state index contributed by atoms with van der Waals surface area (Å²) in [5.74, 6) is 2.07. The van der Waals surface area contributed by atoms with Crippen molar-refractivity contribution in [2.24, 2.45) is 0 Å². The highest BCUT2D eigenvalue weighted by Gasteiger charge is 2.14. The predicted molar refractivity (Wildman–Crippen MR) is 111 cm³/mol. The van der Waals surface area contributed by atoms with Gasteiger partial charge in [-0.1, -0.05) is 36.4 Å². The third kappa shape index (κ3) is 6.12. The second kappa shape index (κ2) is 10.1. The number of benzene rings is 2. The molecule has 0 radical (unpaired) electrons. The van der Waals surface area contributed by atoms with Crippen LogP contribution in [-0.2, 0) is 11.3 Å². The van der Waals surface area contributed by atoms with Crippen LogP contribution in [0.3, 0.4) is 0 Å². The van der Waals surface area contributed by atoms with Crippen LogP contribution in [0, 0.1) is 0 Å². The van der Waals surface area contributed by atoms with E-state index in [0.717, 1.165) is 42.4 Å². The van der Waals surface area contributed by atoms with Crippen molar-refractivity contribution in [3.63, 3.8) is 0 Å². The Balaban J connectivity index is 1.48. The molecule has 2 N–H and O–H groups in total. The fourth-order valence-electron chi connectivity index (χ4n) is 2.97. The fraction of sp³-hybridized carbons (Fsp3) is 0.333. The molecule has 0 aromatic heterocycles. The number of carbonyl (C=O) groups excluding carboxylic acids is 2. The predicted octanol–water partition coefficient (Wildman–Crippen LogP) is 2.99. The molecule has 1 aliphatic rings. The Morgan fingerprint density at radius 3 is 2.44 bits per heavy atom. The minimum Gasteiger partial charge on any atom is -0.352 e. The molecule has 0 saturated carbocycles. The number of rotatable bonds is 7. The number of anilines is 1. The maximum Gasteiger partial charge on any atom is 0.251 e. The summed E-state index contributed by atoms with van der Waals surface area (Å²) in [4.78, 5) is 26.7. The molecule has 1 fully saturated rings. The number of nitrogens with zero attached hydrogens (tertiary/aromatic N) is 1. The highest BCUT2D eigenvalue weighted by Crippen LogP contribution is 2.19. The SMILES string of the molecule is O=C(CCNC(=O)c1ccccc1)Nc1ccccc1CN1CCSCC1. The summed E-state index contributed by atoms with van der Waals surface area (Å²) >= 11 is 1.99. The molecule has 0 atom stereocenters. The van der Waals surface area contributed by atoms with Crippen LogP contribution in [0.5, 0.6) is 0 Å². The third-order valence-corrected chi connectivity index (χ3v) is 5.41. The Hall–Kier alpha value is -2.31. The molecule has 1 saturated heterocycles. The van der Waals surface area contributed by atoms with Crippen LogP contribution in [0.1, 0.15) is 22.3 Å². The quantitative estimate of drug-likeness (QED) is 0.772. The average Bonchev–Trinajstić information content (AvgIpc) is 2.71. The molecule has 0 aliphatic carbocycles. The van der Waals surface area contributed by atoms with E-state index in [9.17, 15) is 9.59 Å². The van der Waals surface area contributed by atoms with Crippen molar-refractivity contribution < 1.29 is 9.59 Å². The molecule has 2 aromatic carbocycles. The molecular formula is C21H25N3O2S. The Kier molecular flexibility index (Phi) is 7.30. The Labute approximate surface area is 164 Å². The summed E-state index contributed by atoms with van der Waals surface area (Å²) < 4.78 is 0. The topological polar surface area (TPSA) is 61.4 Å². The molecule has 6 heteroatoms. The van der Waals surface area contributed by atoms with Crippen LogP contribution < -0.4 is 10.6 Å². The first kappa shape index (κ1) is 19.5. The summed E-state index contributed by atoms with van der Waals surface area (Å²) in [6.07, 6.45) is 0.243. The summed E-state index contributed by atoms with van der Waals surface area (Å²) in [5.41, 5.74) is 2.59. The van der Waals surface area contributed by atoms with Crippen LogP contribution >= 0.6 is 11.8 Å². The fourth-order valence-corrected chi connectivity index (χ4v) is 3.95. The lowest BCUT2D eigenvalue weighted by molar-refractivity contribution is -0.116. The monoisotopic (exact) mass is 383 g/mol. The summed E-state index contributed by atoms with van der Waals surface area (Å²) in [5, 5.41) is 5.78. The lowest BCUT2D eigenvalue weighted by Gasteiger charge is -2.27. The maximum absolute atomic E-state index is 12.3. The minimum atomic E-state index is -0.160. The van der Waals surface area contributed by atoms with E-state index in [1.54, 1.807) is 12.1 Å². The molecule has 0 bridgehead atoms. The summed E-state index contributed by atoms with van der Waals surface area (Å²) in [6, 6.07) is 17.0. The van der Waals surface area contributed by atoms with E-state index in [0.29, 0.717) is 12.1 Å². The van der Waals surface area contributed by atoms with E-state index >= 15 is 0 Å². The van der Waals surface area contributed by atoms with E-state index in [4.69, 9.17) is 0 Å². The van der Waals surface area contributed by atoms with Gasteiger partial charge in [-0.15, -0.1) is 0 Å². The van der Waals surface area contributed by atoms with Crippen molar-refractivity contribution in [1.82, 2.24) is 10.2 Å². The van der Waals surface area contributed by atoms with Gasteiger partial charge in [-0.25, -0.2) is 0 Å². The summed E-state index contributed by atoms with van der Waals surface area (Å²) in [6.45, 7) is 3.32. The first-order chi connectivity index (χ1) is 13.2. The smallest absolute Gasteiger partial charge is 0.251 e. The first-order valence-corrected chi connectivity index (χ1v) is 10.4. The number of carbonyl (C=O) groups is 2. The van der Waals surface area contributed by atoms with Crippen LogP contribution in [0.2, 0.25) is 0 Å². The van der Waals surface area contributed by atoms with Gasteiger partial charge in [-0.3, -0.25) is 14.5 Å². The molecule has 2 aromatic rings. The molecule has 1 heterocycles. The number of hydrogen-bond acceptors (Lipinski definition) is 4. The van der Waals surface area contributed by atoms with E-state index in [1.807, 2.05) is 48.2 Å². The van der Waals surface area contributed by atoms with E-state index in [2.05, 4.69) is 21.6 Å². The van der Waals surface area contributed by atoms with Crippen LogP contribution in [0.15, 0.2) is 54.6 Å². The van der Waals surface area contributed by atoms with Crippen molar-refractivity contribution in [3.05, 3.63) is 65.7 Å². The van der Waals surface area contributed by atoms with Crippen molar-refractivity contribution in [2.45, 2.75) is 13.0 Å². The van der Waals surface area contributed by atoms with Gasteiger partial charge in [-0.2, -0.15) is 11.8 Å².